The van der Waals surface area contributed by atoms with E-state index in [4.69, 9.17) is 5.11 Å². The van der Waals surface area contributed by atoms with E-state index in [1.807, 2.05) is 0 Å². The van der Waals surface area contributed by atoms with Gasteiger partial charge in [0, 0.05) is 5.54 Å². The molecule has 1 saturated carbocycles. The predicted molar refractivity (Wildman–Crippen MR) is 74.8 cm³/mol. The maximum Gasteiger partial charge on any atom is 0.305 e. The predicted octanol–water partition coefficient (Wildman–Crippen LogP) is 2.28. The molecule has 7 heteroatoms. The minimum Gasteiger partial charge on any atom is -0.481 e. The number of sulfonamides is 1. The van der Waals surface area contributed by atoms with Crippen LogP contribution in [-0.4, -0.2) is 25.0 Å². The van der Waals surface area contributed by atoms with Crippen LogP contribution in [0.4, 0.5) is 4.39 Å². The largest absolute Gasteiger partial charge is 0.481 e. The first-order valence-corrected chi connectivity index (χ1v) is 8.33. The van der Waals surface area contributed by atoms with E-state index in [2.05, 4.69) is 4.72 Å². The highest BCUT2D eigenvalue weighted by atomic mass is 32.2. The molecule has 116 valence electrons. The summed E-state index contributed by atoms with van der Waals surface area (Å²) in [6.07, 6.45) is 3.21. The Balaban J connectivity index is 2.28. The Kier molecular flexibility index (Phi) is 4.63. The Morgan fingerprint density at radius 1 is 1.29 bits per heavy atom. The van der Waals surface area contributed by atoms with Crippen LogP contribution < -0.4 is 4.72 Å². The average molecular weight is 315 g/mol. The number of hydrogen-bond acceptors (Lipinski definition) is 3. The fourth-order valence-corrected chi connectivity index (χ4v) is 4.30. The van der Waals surface area contributed by atoms with Crippen molar-refractivity contribution in [2.24, 2.45) is 0 Å². The van der Waals surface area contributed by atoms with E-state index in [-0.39, 0.29) is 11.3 Å². The molecule has 2 N–H and O–H groups in total. The van der Waals surface area contributed by atoms with Crippen LogP contribution in [0.15, 0.2) is 29.2 Å². The van der Waals surface area contributed by atoms with Crippen molar-refractivity contribution >= 4 is 16.0 Å². The zero-order chi connectivity index (χ0) is 15.5. The van der Waals surface area contributed by atoms with Gasteiger partial charge in [-0.3, -0.25) is 4.79 Å². The number of benzene rings is 1. The van der Waals surface area contributed by atoms with Crippen molar-refractivity contribution < 1.29 is 22.7 Å². The number of nitrogens with one attached hydrogen (secondary N) is 1. The van der Waals surface area contributed by atoms with Crippen LogP contribution in [0.3, 0.4) is 0 Å². The van der Waals surface area contributed by atoms with Crippen molar-refractivity contribution in [3.8, 4) is 0 Å². The van der Waals surface area contributed by atoms with Crippen molar-refractivity contribution in [1.82, 2.24) is 4.72 Å². The third-order valence-corrected chi connectivity index (χ3v) is 5.33. The molecule has 1 aromatic rings. The van der Waals surface area contributed by atoms with Gasteiger partial charge in [0.15, 0.2) is 0 Å². The molecule has 0 aliphatic heterocycles. The van der Waals surface area contributed by atoms with Crippen molar-refractivity contribution in [3.63, 3.8) is 0 Å². The minimum atomic E-state index is -3.94. The molecule has 0 amide bonds. The SMILES string of the molecule is O=C(O)CC1(NS(=O)(=O)c2cccc(F)c2)CCCCC1. The van der Waals surface area contributed by atoms with Gasteiger partial charge in [0.2, 0.25) is 10.0 Å². The van der Waals surface area contributed by atoms with Gasteiger partial charge in [-0.2, -0.15) is 0 Å². The molecule has 0 aromatic heterocycles. The van der Waals surface area contributed by atoms with E-state index in [0.29, 0.717) is 12.8 Å². The number of rotatable bonds is 5. The molecule has 0 bridgehead atoms. The summed E-state index contributed by atoms with van der Waals surface area (Å²) in [7, 11) is -3.94. The molecule has 0 saturated heterocycles. The third-order valence-electron chi connectivity index (χ3n) is 3.76. The first-order chi connectivity index (χ1) is 9.83. The van der Waals surface area contributed by atoms with Gasteiger partial charge in [0.05, 0.1) is 11.3 Å². The molecule has 0 atom stereocenters. The third kappa shape index (κ3) is 4.01. The Morgan fingerprint density at radius 2 is 1.95 bits per heavy atom. The molecule has 1 aliphatic rings. The Hall–Kier alpha value is -1.47. The summed E-state index contributed by atoms with van der Waals surface area (Å²) < 4.78 is 40.4. The lowest BCUT2D eigenvalue weighted by atomic mass is 9.80. The average Bonchev–Trinajstić information content (AvgIpc) is 2.38. The summed E-state index contributed by atoms with van der Waals surface area (Å²) in [5, 5.41) is 9.05. The van der Waals surface area contributed by atoms with E-state index in [9.17, 15) is 17.6 Å². The zero-order valence-electron chi connectivity index (χ0n) is 11.5. The van der Waals surface area contributed by atoms with E-state index in [0.717, 1.165) is 31.4 Å². The number of aliphatic carboxylic acids is 1. The Labute approximate surface area is 123 Å². The maximum absolute atomic E-state index is 13.2. The summed E-state index contributed by atoms with van der Waals surface area (Å²) in [6.45, 7) is 0. The van der Waals surface area contributed by atoms with Gasteiger partial charge >= 0.3 is 5.97 Å². The molecule has 1 aromatic carbocycles. The van der Waals surface area contributed by atoms with Gasteiger partial charge < -0.3 is 5.11 Å². The zero-order valence-corrected chi connectivity index (χ0v) is 12.3. The number of carboxylic acid groups (broad SMARTS) is 1. The fourth-order valence-electron chi connectivity index (χ4n) is 2.81. The molecule has 1 fully saturated rings. The molecule has 0 unspecified atom stereocenters. The van der Waals surface area contributed by atoms with Gasteiger partial charge in [0.25, 0.3) is 0 Å². The second-order valence-corrected chi connectivity index (χ2v) is 7.16. The van der Waals surface area contributed by atoms with Gasteiger partial charge in [-0.05, 0) is 31.0 Å². The Morgan fingerprint density at radius 3 is 2.52 bits per heavy atom. The summed E-state index contributed by atoms with van der Waals surface area (Å²) in [5.74, 6) is -1.69. The van der Waals surface area contributed by atoms with Crippen LogP contribution in [0.1, 0.15) is 38.5 Å². The van der Waals surface area contributed by atoms with E-state index in [1.165, 1.54) is 12.1 Å². The minimum absolute atomic E-state index is 0.183. The van der Waals surface area contributed by atoms with Crippen molar-refractivity contribution in [3.05, 3.63) is 30.1 Å². The van der Waals surface area contributed by atoms with Crippen LogP contribution in [0, 0.1) is 5.82 Å². The quantitative estimate of drug-likeness (QED) is 0.873. The molecule has 21 heavy (non-hydrogen) atoms. The van der Waals surface area contributed by atoms with Gasteiger partial charge in [-0.25, -0.2) is 17.5 Å². The highest BCUT2D eigenvalue weighted by molar-refractivity contribution is 7.89. The van der Waals surface area contributed by atoms with Crippen molar-refractivity contribution in [1.29, 1.82) is 0 Å². The first kappa shape index (κ1) is 15.9. The van der Waals surface area contributed by atoms with Gasteiger partial charge in [-0.15, -0.1) is 0 Å². The van der Waals surface area contributed by atoms with Crippen LogP contribution in [0.2, 0.25) is 0 Å². The van der Waals surface area contributed by atoms with E-state index < -0.39 is 27.3 Å². The summed E-state index contributed by atoms with van der Waals surface area (Å²) in [5.41, 5.74) is -0.977. The first-order valence-electron chi connectivity index (χ1n) is 6.84. The standard InChI is InChI=1S/C14H18FNO4S/c15-11-5-4-6-12(9-11)21(19,20)16-14(10-13(17)18)7-2-1-3-8-14/h4-6,9,16H,1-3,7-8,10H2,(H,17,18). The molecule has 1 aliphatic carbocycles. The van der Waals surface area contributed by atoms with Crippen molar-refractivity contribution in [2.45, 2.75) is 49.0 Å². The maximum atomic E-state index is 13.2. The van der Waals surface area contributed by atoms with Crippen LogP contribution in [0.25, 0.3) is 0 Å². The lowest BCUT2D eigenvalue weighted by molar-refractivity contribution is -0.138. The second-order valence-electron chi connectivity index (χ2n) is 5.47. The summed E-state index contributed by atoms with van der Waals surface area (Å²) in [4.78, 5) is 10.9. The summed E-state index contributed by atoms with van der Waals surface area (Å²) in [6, 6.07) is 4.70. The normalized spacial score (nSPS) is 18.3. The smallest absolute Gasteiger partial charge is 0.305 e. The second kappa shape index (κ2) is 6.11. The van der Waals surface area contributed by atoms with Crippen LogP contribution >= 0.6 is 0 Å². The van der Waals surface area contributed by atoms with Gasteiger partial charge in [0.1, 0.15) is 5.82 Å². The Bertz CT molecular complexity index is 624. The molecule has 0 radical (unpaired) electrons. The molecule has 5 nitrogen and oxygen atoms in total. The fraction of sp³-hybridized carbons (Fsp3) is 0.500. The lowest BCUT2D eigenvalue weighted by Gasteiger charge is -2.36. The van der Waals surface area contributed by atoms with Crippen LogP contribution in [-0.2, 0) is 14.8 Å². The van der Waals surface area contributed by atoms with Crippen LogP contribution in [0.5, 0.6) is 0 Å². The molecule has 0 spiro atoms. The van der Waals surface area contributed by atoms with E-state index in [1.54, 1.807) is 0 Å². The molecular weight excluding hydrogens is 297 g/mol. The van der Waals surface area contributed by atoms with E-state index >= 15 is 0 Å². The molecular formula is C14H18FNO4S. The number of carboxylic acids is 1. The monoisotopic (exact) mass is 315 g/mol. The lowest BCUT2D eigenvalue weighted by Crippen LogP contribution is -2.50. The molecule has 0 heterocycles. The van der Waals surface area contributed by atoms with Crippen molar-refractivity contribution in [2.75, 3.05) is 0 Å². The highest BCUT2D eigenvalue weighted by Gasteiger charge is 2.38. The van der Waals surface area contributed by atoms with Gasteiger partial charge in [-0.1, -0.05) is 25.3 Å². The highest BCUT2D eigenvalue weighted by Crippen LogP contribution is 2.32. The molecule has 2 rings (SSSR count). The number of hydrogen-bond donors (Lipinski definition) is 2. The number of carbonyl (C=O) groups is 1. The summed E-state index contributed by atoms with van der Waals surface area (Å²) >= 11 is 0. The number of halogens is 1. The topological polar surface area (TPSA) is 83.5 Å².